The molecule has 1 saturated carbocycles. The number of hydrogen-bond donors (Lipinski definition) is 1. The van der Waals surface area contributed by atoms with Gasteiger partial charge < -0.3 is 5.32 Å². The molecule has 3 rings (SSSR count). The average molecular weight is 189 g/mol. The lowest BCUT2D eigenvalue weighted by molar-refractivity contribution is 0.589. The zero-order valence-corrected chi connectivity index (χ0v) is 8.45. The summed E-state index contributed by atoms with van der Waals surface area (Å²) in [6.07, 6.45) is 6.89. The van der Waals surface area contributed by atoms with E-state index < -0.39 is 0 Å². The third-order valence-corrected chi connectivity index (χ3v) is 3.25. The van der Waals surface area contributed by atoms with Crippen molar-refractivity contribution < 1.29 is 0 Å². The molecule has 0 aliphatic heterocycles. The summed E-state index contributed by atoms with van der Waals surface area (Å²) in [4.78, 5) is 9.12. The van der Waals surface area contributed by atoms with Gasteiger partial charge in [0.2, 0.25) is 0 Å². The quantitative estimate of drug-likeness (QED) is 0.767. The molecule has 3 nitrogen and oxygen atoms in total. The lowest BCUT2D eigenvalue weighted by atomic mass is 10.2. The molecule has 0 spiro atoms. The van der Waals surface area contributed by atoms with Crippen LogP contribution in [-0.4, -0.2) is 17.0 Å². The molecular formula is C11H15N3. The third-order valence-electron chi connectivity index (χ3n) is 3.25. The van der Waals surface area contributed by atoms with Crippen LogP contribution in [0.3, 0.4) is 0 Å². The molecule has 0 aromatic carbocycles. The number of aromatic nitrogens is 2. The first-order chi connectivity index (χ1) is 6.88. The molecule has 1 heterocycles. The van der Waals surface area contributed by atoms with Crippen molar-refractivity contribution >= 4 is 0 Å². The minimum absolute atomic E-state index is 0.484. The largest absolute Gasteiger partial charge is 0.313 e. The Labute approximate surface area is 84.0 Å². The molecule has 0 saturated heterocycles. The molecule has 1 aromatic rings. The van der Waals surface area contributed by atoms with Gasteiger partial charge in [0.15, 0.2) is 0 Å². The Bertz CT molecular complexity index is 358. The molecule has 1 atom stereocenters. The van der Waals surface area contributed by atoms with Crippen molar-refractivity contribution in [3.63, 3.8) is 0 Å². The summed E-state index contributed by atoms with van der Waals surface area (Å²) in [7, 11) is 2.01. The van der Waals surface area contributed by atoms with E-state index in [4.69, 9.17) is 0 Å². The van der Waals surface area contributed by atoms with Gasteiger partial charge in [-0.3, -0.25) is 0 Å². The predicted octanol–water partition coefficient (Wildman–Crippen LogP) is 1.56. The molecule has 0 bridgehead atoms. The number of rotatable bonds is 2. The lowest BCUT2D eigenvalue weighted by Crippen LogP contribution is -2.13. The Morgan fingerprint density at radius 2 is 2.21 bits per heavy atom. The van der Waals surface area contributed by atoms with Crippen LogP contribution < -0.4 is 5.32 Å². The number of nitrogens with zero attached hydrogens (tertiary/aromatic N) is 2. The van der Waals surface area contributed by atoms with Crippen LogP contribution in [0, 0.1) is 0 Å². The van der Waals surface area contributed by atoms with E-state index in [1.807, 2.05) is 13.2 Å². The minimum Gasteiger partial charge on any atom is -0.313 e. The van der Waals surface area contributed by atoms with Gasteiger partial charge in [-0.25, -0.2) is 9.97 Å². The maximum atomic E-state index is 4.66. The third kappa shape index (κ3) is 1.23. The molecule has 1 fully saturated rings. The number of fused-ring (bicyclic) bond motifs is 1. The van der Waals surface area contributed by atoms with Gasteiger partial charge in [0, 0.05) is 29.4 Å². The Kier molecular flexibility index (Phi) is 1.80. The summed E-state index contributed by atoms with van der Waals surface area (Å²) in [6.45, 7) is 0. The summed E-state index contributed by atoms with van der Waals surface area (Å²) < 4.78 is 0. The van der Waals surface area contributed by atoms with Gasteiger partial charge in [-0.1, -0.05) is 0 Å². The molecule has 14 heavy (non-hydrogen) atoms. The molecule has 0 radical (unpaired) electrons. The predicted molar refractivity (Wildman–Crippen MR) is 54.1 cm³/mol. The van der Waals surface area contributed by atoms with Crippen molar-refractivity contribution in [3.05, 3.63) is 23.3 Å². The second kappa shape index (κ2) is 3.02. The van der Waals surface area contributed by atoms with E-state index in [2.05, 4.69) is 15.3 Å². The minimum atomic E-state index is 0.484. The van der Waals surface area contributed by atoms with Crippen LogP contribution in [0.25, 0.3) is 0 Å². The SMILES string of the molecule is CNC1CCc2nc(C3CC3)ncc21. The summed E-state index contributed by atoms with van der Waals surface area (Å²) in [5, 5.41) is 3.30. The highest BCUT2D eigenvalue weighted by molar-refractivity contribution is 5.28. The normalized spacial score (nSPS) is 25.1. The summed E-state index contributed by atoms with van der Waals surface area (Å²) in [5.41, 5.74) is 2.60. The average Bonchev–Trinajstić information content (AvgIpc) is 2.98. The molecule has 74 valence electrons. The summed E-state index contributed by atoms with van der Waals surface area (Å²) >= 11 is 0. The van der Waals surface area contributed by atoms with Crippen molar-refractivity contribution in [2.45, 2.75) is 37.6 Å². The summed E-state index contributed by atoms with van der Waals surface area (Å²) in [6, 6.07) is 0.484. The fraction of sp³-hybridized carbons (Fsp3) is 0.636. The van der Waals surface area contributed by atoms with Gasteiger partial charge in [-0.15, -0.1) is 0 Å². The Morgan fingerprint density at radius 3 is 2.93 bits per heavy atom. The number of nitrogens with one attached hydrogen (secondary N) is 1. The van der Waals surface area contributed by atoms with Gasteiger partial charge in [0.05, 0.1) is 0 Å². The standard InChI is InChI=1S/C11H15N3/c1-12-9-4-5-10-8(9)6-13-11(14-10)7-2-3-7/h6-7,9,12H,2-5H2,1H3. The first-order valence-electron chi connectivity index (χ1n) is 5.41. The molecular weight excluding hydrogens is 174 g/mol. The van der Waals surface area contributed by atoms with E-state index in [1.165, 1.54) is 30.5 Å². The van der Waals surface area contributed by atoms with Gasteiger partial charge >= 0.3 is 0 Å². The molecule has 0 amide bonds. The van der Waals surface area contributed by atoms with Gasteiger partial charge in [0.25, 0.3) is 0 Å². The highest BCUT2D eigenvalue weighted by atomic mass is 14.9. The second-order valence-electron chi connectivity index (χ2n) is 4.28. The first-order valence-corrected chi connectivity index (χ1v) is 5.41. The van der Waals surface area contributed by atoms with E-state index in [-0.39, 0.29) is 0 Å². The van der Waals surface area contributed by atoms with Crippen LogP contribution in [0.1, 0.15) is 48.3 Å². The van der Waals surface area contributed by atoms with E-state index in [9.17, 15) is 0 Å². The van der Waals surface area contributed by atoms with Gasteiger partial charge in [-0.05, 0) is 32.7 Å². The Hall–Kier alpha value is -0.960. The molecule has 1 aromatic heterocycles. The molecule has 2 aliphatic rings. The van der Waals surface area contributed by atoms with Gasteiger partial charge in [0.1, 0.15) is 5.82 Å². The first kappa shape index (κ1) is 8.36. The molecule has 1 N–H and O–H groups in total. The zero-order chi connectivity index (χ0) is 9.54. The molecule has 2 aliphatic carbocycles. The molecule has 1 unspecified atom stereocenters. The fourth-order valence-corrected chi connectivity index (χ4v) is 2.21. The highest BCUT2D eigenvalue weighted by Gasteiger charge is 2.29. The van der Waals surface area contributed by atoms with Crippen LogP contribution in [0.2, 0.25) is 0 Å². The summed E-state index contributed by atoms with van der Waals surface area (Å²) in [5.74, 6) is 1.76. The van der Waals surface area contributed by atoms with Crippen molar-refractivity contribution in [1.82, 2.24) is 15.3 Å². The Balaban J connectivity index is 1.96. The highest BCUT2D eigenvalue weighted by Crippen LogP contribution is 2.39. The van der Waals surface area contributed by atoms with Crippen molar-refractivity contribution in [3.8, 4) is 0 Å². The van der Waals surface area contributed by atoms with E-state index >= 15 is 0 Å². The Morgan fingerprint density at radius 1 is 1.36 bits per heavy atom. The van der Waals surface area contributed by atoms with E-state index in [1.54, 1.807) is 0 Å². The fourth-order valence-electron chi connectivity index (χ4n) is 2.21. The van der Waals surface area contributed by atoms with Crippen LogP contribution in [0.5, 0.6) is 0 Å². The second-order valence-corrected chi connectivity index (χ2v) is 4.28. The number of aryl methyl sites for hydroxylation is 1. The van der Waals surface area contributed by atoms with Crippen molar-refractivity contribution in [2.24, 2.45) is 0 Å². The van der Waals surface area contributed by atoms with Gasteiger partial charge in [-0.2, -0.15) is 0 Å². The smallest absolute Gasteiger partial charge is 0.131 e. The van der Waals surface area contributed by atoms with Crippen molar-refractivity contribution in [2.75, 3.05) is 7.05 Å². The maximum absolute atomic E-state index is 4.66. The van der Waals surface area contributed by atoms with Crippen LogP contribution in [0.4, 0.5) is 0 Å². The number of hydrogen-bond acceptors (Lipinski definition) is 3. The van der Waals surface area contributed by atoms with Crippen LogP contribution in [-0.2, 0) is 6.42 Å². The lowest BCUT2D eigenvalue weighted by Gasteiger charge is -2.08. The maximum Gasteiger partial charge on any atom is 0.131 e. The topological polar surface area (TPSA) is 37.8 Å². The van der Waals surface area contributed by atoms with Crippen molar-refractivity contribution in [1.29, 1.82) is 0 Å². The zero-order valence-electron chi connectivity index (χ0n) is 8.45. The van der Waals surface area contributed by atoms with E-state index in [0.717, 1.165) is 12.2 Å². The molecule has 3 heteroatoms. The monoisotopic (exact) mass is 189 g/mol. The van der Waals surface area contributed by atoms with E-state index in [0.29, 0.717) is 12.0 Å². The van der Waals surface area contributed by atoms with Crippen LogP contribution in [0.15, 0.2) is 6.20 Å². The van der Waals surface area contributed by atoms with Crippen LogP contribution >= 0.6 is 0 Å².